The van der Waals surface area contributed by atoms with Gasteiger partial charge in [0.2, 0.25) is 0 Å². The standard InChI is InChI=1S/C20H18F3N3O/c1-12-3-5-24-19-18(12)15(11-25(19)2)14-10-17-13(4-6-26(17)7-8-27)9-16(14)20(21,22)23/h3-6,9-11,27H,7-8H2,1-2H3. The maximum absolute atomic E-state index is 13.9. The Morgan fingerprint density at radius 1 is 1.15 bits per heavy atom. The monoisotopic (exact) mass is 373 g/mol. The van der Waals surface area contributed by atoms with Gasteiger partial charge in [-0.25, -0.2) is 4.98 Å². The van der Waals surface area contributed by atoms with E-state index in [0.29, 0.717) is 34.0 Å². The van der Waals surface area contributed by atoms with Crippen molar-refractivity contribution in [2.75, 3.05) is 6.61 Å². The summed E-state index contributed by atoms with van der Waals surface area (Å²) in [6.45, 7) is 2.11. The van der Waals surface area contributed by atoms with Crippen molar-refractivity contribution in [3.63, 3.8) is 0 Å². The van der Waals surface area contributed by atoms with Crippen molar-refractivity contribution in [1.82, 2.24) is 14.1 Å². The van der Waals surface area contributed by atoms with E-state index in [2.05, 4.69) is 4.98 Å². The second kappa shape index (κ2) is 6.13. The van der Waals surface area contributed by atoms with Crippen LogP contribution in [0.25, 0.3) is 33.1 Å². The zero-order valence-electron chi connectivity index (χ0n) is 14.9. The van der Waals surface area contributed by atoms with Crippen molar-refractivity contribution in [1.29, 1.82) is 0 Å². The van der Waals surface area contributed by atoms with Gasteiger partial charge in [-0.1, -0.05) is 0 Å². The minimum absolute atomic E-state index is 0.0859. The molecular weight excluding hydrogens is 355 g/mol. The zero-order valence-corrected chi connectivity index (χ0v) is 14.9. The van der Waals surface area contributed by atoms with E-state index >= 15 is 0 Å². The Kier molecular flexibility index (Phi) is 3.99. The first-order valence-corrected chi connectivity index (χ1v) is 8.53. The first-order valence-electron chi connectivity index (χ1n) is 8.53. The van der Waals surface area contributed by atoms with Gasteiger partial charge in [-0.3, -0.25) is 0 Å². The van der Waals surface area contributed by atoms with E-state index in [1.54, 1.807) is 53.0 Å². The summed E-state index contributed by atoms with van der Waals surface area (Å²) in [6.07, 6.45) is 0.559. The molecular formula is C20H18F3N3O. The van der Waals surface area contributed by atoms with Crippen LogP contribution < -0.4 is 0 Å². The molecule has 1 N–H and O–H groups in total. The summed E-state index contributed by atoms with van der Waals surface area (Å²) >= 11 is 0. The number of aromatic nitrogens is 3. The Labute approximate surface area is 153 Å². The molecule has 3 heterocycles. The van der Waals surface area contributed by atoms with Gasteiger partial charge in [-0.15, -0.1) is 0 Å². The molecule has 0 saturated carbocycles. The van der Waals surface area contributed by atoms with Crippen molar-refractivity contribution >= 4 is 21.9 Å². The predicted octanol–water partition coefficient (Wildman–Crippen LogP) is 4.51. The van der Waals surface area contributed by atoms with Crippen molar-refractivity contribution in [2.24, 2.45) is 7.05 Å². The Hall–Kier alpha value is -2.80. The zero-order chi connectivity index (χ0) is 19.3. The molecule has 0 saturated heterocycles. The molecule has 7 heteroatoms. The van der Waals surface area contributed by atoms with Crippen molar-refractivity contribution in [3.8, 4) is 11.1 Å². The fraction of sp³-hybridized carbons (Fsp3) is 0.250. The topological polar surface area (TPSA) is 43.0 Å². The van der Waals surface area contributed by atoms with Gasteiger partial charge in [0.15, 0.2) is 0 Å². The molecule has 0 spiro atoms. The van der Waals surface area contributed by atoms with Crippen LogP contribution >= 0.6 is 0 Å². The number of alkyl halides is 3. The molecule has 0 bridgehead atoms. The number of rotatable bonds is 3. The fourth-order valence-corrected chi connectivity index (χ4v) is 3.67. The lowest BCUT2D eigenvalue weighted by Gasteiger charge is -2.14. The van der Waals surface area contributed by atoms with Crippen molar-refractivity contribution < 1.29 is 18.3 Å². The molecule has 0 aliphatic rings. The van der Waals surface area contributed by atoms with Crippen LogP contribution in [0.1, 0.15) is 11.1 Å². The highest BCUT2D eigenvalue weighted by molar-refractivity contribution is 6.00. The molecule has 1 aromatic carbocycles. The van der Waals surface area contributed by atoms with E-state index < -0.39 is 11.7 Å². The molecule has 27 heavy (non-hydrogen) atoms. The van der Waals surface area contributed by atoms with Gasteiger partial charge >= 0.3 is 6.18 Å². The van der Waals surface area contributed by atoms with Crippen molar-refractivity contribution in [3.05, 3.63) is 54.0 Å². The van der Waals surface area contributed by atoms with Gasteiger partial charge in [-0.2, -0.15) is 13.2 Å². The number of halogens is 3. The molecule has 0 radical (unpaired) electrons. The van der Waals surface area contributed by atoms with Gasteiger partial charge in [0.1, 0.15) is 5.65 Å². The number of aliphatic hydroxyl groups is 1. The Morgan fingerprint density at radius 2 is 1.93 bits per heavy atom. The second-order valence-corrected chi connectivity index (χ2v) is 6.67. The highest BCUT2D eigenvalue weighted by atomic mass is 19.4. The smallest absolute Gasteiger partial charge is 0.395 e. The number of nitrogens with zero attached hydrogens (tertiary/aromatic N) is 3. The third kappa shape index (κ3) is 2.78. The molecule has 0 aliphatic heterocycles. The SMILES string of the molecule is Cc1ccnc2c1c(-c1cc3c(ccn3CCO)cc1C(F)(F)F)cn2C. The maximum atomic E-state index is 13.9. The lowest BCUT2D eigenvalue weighted by molar-refractivity contribution is -0.137. The summed E-state index contributed by atoms with van der Waals surface area (Å²) in [5.41, 5.74) is 2.12. The molecule has 0 unspecified atom stereocenters. The number of benzene rings is 1. The van der Waals surface area contributed by atoms with E-state index in [1.165, 1.54) is 6.07 Å². The average Bonchev–Trinajstić information content (AvgIpc) is 3.16. The van der Waals surface area contributed by atoms with Crippen LogP contribution in [-0.2, 0) is 19.8 Å². The largest absolute Gasteiger partial charge is 0.417 e. The molecule has 0 fully saturated rings. The molecule has 0 aliphatic carbocycles. The van der Waals surface area contributed by atoms with Crippen LogP contribution in [0.15, 0.2) is 42.9 Å². The summed E-state index contributed by atoms with van der Waals surface area (Å²) in [5.74, 6) is 0. The lowest BCUT2D eigenvalue weighted by Crippen LogP contribution is -2.08. The summed E-state index contributed by atoms with van der Waals surface area (Å²) in [5, 5.41) is 10.4. The third-order valence-electron chi connectivity index (χ3n) is 4.91. The summed E-state index contributed by atoms with van der Waals surface area (Å²) < 4.78 is 45.1. The van der Waals surface area contributed by atoms with Gasteiger partial charge in [0, 0.05) is 54.0 Å². The van der Waals surface area contributed by atoms with Crippen LogP contribution in [0.5, 0.6) is 0 Å². The van der Waals surface area contributed by atoms with Crippen molar-refractivity contribution in [2.45, 2.75) is 19.6 Å². The first kappa shape index (κ1) is 17.6. The Bertz CT molecular complexity index is 1150. The van der Waals surface area contributed by atoms with Crippen LogP contribution in [-0.4, -0.2) is 25.8 Å². The molecule has 4 rings (SSSR count). The molecule has 0 amide bonds. The van der Waals surface area contributed by atoms with E-state index in [0.717, 1.165) is 5.56 Å². The molecule has 4 aromatic rings. The second-order valence-electron chi connectivity index (χ2n) is 6.67. The minimum Gasteiger partial charge on any atom is -0.395 e. The highest BCUT2D eigenvalue weighted by Crippen LogP contribution is 2.42. The lowest BCUT2D eigenvalue weighted by atomic mass is 9.96. The number of aliphatic hydroxyl groups excluding tert-OH is 1. The Balaban J connectivity index is 2.10. The summed E-state index contributed by atoms with van der Waals surface area (Å²) in [4.78, 5) is 4.32. The van der Waals surface area contributed by atoms with E-state index in [9.17, 15) is 18.3 Å². The van der Waals surface area contributed by atoms with Gasteiger partial charge in [-0.05, 0) is 42.3 Å². The summed E-state index contributed by atoms with van der Waals surface area (Å²) in [6, 6.07) is 6.18. The minimum atomic E-state index is -4.49. The normalized spacial score (nSPS) is 12.4. The molecule has 3 aromatic heterocycles. The number of fused-ring (bicyclic) bond motifs is 2. The summed E-state index contributed by atoms with van der Waals surface area (Å²) in [7, 11) is 1.78. The number of pyridine rings is 1. The van der Waals surface area contributed by atoms with Crippen LogP contribution in [0.4, 0.5) is 13.2 Å². The van der Waals surface area contributed by atoms with Gasteiger partial charge < -0.3 is 14.2 Å². The first-order chi connectivity index (χ1) is 12.8. The number of aryl methyl sites for hydroxylation is 2. The fourth-order valence-electron chi connectivity index (χ4n) is 3.67. The third-order valence-corrected chi connectivity index (χ3v) is 4.91. The highest BCUT2D eigenvalue weighted by Gasteiger charge is 2.35. The predicted molar refractivity (Wildman–Crippen MR) is 98.5 cm³/mol. The molecule has 0 atom stereocenters. The van der Waals surface area contributed by atoms with Gasteiger partial charge in [0.25, 0.3) is 0 Å². The number of hydrogen-bond acceptors (Lipinski definition) is 2. The van der Waals surface area contributed by atoms with Crippen LogP contribution in [0.3, 0.4) is 0 Å². The van der Waals surface area contributed by atoms with E-state index in [4.69, 9.17) is 0 Å². The van der Waals surface area contributed by atoms with E-state index in [1.807, 2.05) is 6.92 Å². The van der Waals surface area contributed by atoms with Crippen LogP contribution in [0, 0.1) is 6.92 Å². The molecule has 4 nitrogen and oxygen atoms in total. The maximum Gasteiger partial charge on any atom is 0.417 e. The Morgan fingerprint density at radius 3 is 2.63 bits per heavy atom. The van der Waals surface area contributed by atoms with Gasteiger partial charge in [0.05, 0.1) is 12.2 Å². The number of hydrogen-bond donors (Lipinski definition) is 1. The average molecular weight is 373 g/mol. The molecule has 140 valence electrons. The van der Waals surface area contributed by atoms with E-state index in [-0.39, 0.29) is 12.2 Å². The quantitative estimate of drug-likeness (QED) is 0.574. The van der Waals surface area contributed by atoms with Crippen LogP contribution in [0.2, 0.25) is 0 Å².